The molecule has 4 heteroatoms. The summed E-state index contributed by atoms with van der Waals surface area (Å²) in [6, 6.07) is 5.61. The van der Waals surface area contributed by atoms with Gasteiger partial charge in [0.1, 0.15) is 0 Å². The Morgan fingerprint density at radius 3 is 2.88 bits per heavy atom. The van der Waals surface area contributed by atoms with Gasteiger partial charge in [-0.3, -0.25) is 0 Å². The fraction of sp³-hybridized carbons (Fsp3) is 0.250. The molecule has 0 spiro atoms. The first kappa shape index (κ1) is 10.7. The van der Waals surface area contributed by atoms with Gasteiger partial charge in [-0.2, -0.15) is 0 Å². The minimum atomic E-state index is -0.0612. The van der Waals surface area contributed by atoms with Crippen LogP contribution in [-0.4, -0.2) is 12.1 Å². The molecule has 2 aromatic heterocycles. The Morgan fingerprint density at radius 2 is 2.31 bits per heavy atom. The molecule has 0 aliphatic heterocycles. The van der Waals surface area contributed by atoms with Crippen molar-refractivity contribution in [3.05, 3.63) is 48.0 Å². The van der Waals surface area contributed by atoms with Gasteiger partial charge in [0, 0.05) is 23.9 Å². The summed E-state index contributed by atoms with van der Waals surface area (Å²) in [5.41, 5.74) is 8.10. The summed E-state index contributed by atoms with van der Waals surface area (Å²) in [5, 5.41) is 0. The predicted molar refractivity (Wildman–Crippen MR) is 60.1 cm³/mol. The van der Waals surface area contributed by atoms with Crippen LogP contribution in [0.4, 0.5) is 0 Å². The number of methoxy groups -OCH3 is 1. The average Bonchev–Trinajstić information content (AvgIpc) is 2.83. The molecule has 2 rings (SSSR count). The Bertz CT molecular complexity index is 423. The minimum absolute atomic E-state index is 0.0612. The highest BCUT2D eigenvalue weighted by Gasteiger charge is 2.08. The molecular weight excluding hydrogens is 204 g/mol. The fourth-order valence-electron chi connectivity index (χ4n) is 1.51. The van der Waals surface area contributed by atoms with Gasteiger partial charge in [-0.1, -0.05) is 6.07 Å². The standard InChI is InChI=1S/C12H14N2O2/c1-15-12-3-2-9(7-14-12)6-11(13)10-4-5-16-8-10/h2-5,7-8,11H,6,13H2,1H3. The van der Waals surface area contributed by atoms with E-state index in [1.54, 1.807) is 25.8 Å². The third-order valence-electron chi connectivity index (χ3n) is 2.43. The Morgan fingerprint density at radius 1 is 1.44 bits per heavy atom. The summed E-state index contributed by atoms with van der Waals surface area (Å²) < 4.78 is 9.98. The molecule has 4 nitrogen and oxygen atoms in total. The molecule has 1 unspecified atom stereocenters. The Kier molecular flexibility index (Phi) is 3.22. The second kappa shape index (κ2) is 4.81. The third kappa shape index (κ3) is 2.41. The highest BCUT2D eigenvalue weighted by molar-refractivity contribution is 5.21. The van der Waals surface area contributed by atoms with Crippen molar-refractivity contribution in [1.29, 1.82) is 0 Å². The minimum Gasteiger partial charge on any atom is -0.481 e. The van der Waals surface area contributed by atoms with Crippen molar-refractivity contribution in [2.45, 2.75) is 12.5 Å². The van der Waals surface area contributed by atoms with Gasteiger partial charge in [-0.05, 0) is 18.1 Å². The Labute approximate surface area is 94.1 Å². The van der Waals surface area contributed by atoms with Crippen molar-refractivity contribution in [1.82, 2.24) is 4.98 Å². The van der Waals surface area contributed by atoms with E-state index >= 15 is 0 Å². The van der Waals surface area contributed by atoms with Crippen LogP contribution in [0.3, 0.4) is 0 Å². The SMILES string of the molecule is COc1ccc(CC(N)c2ccoc2)cn1. The van der Waals surface area contributed by atoms with Gasteiger partial charge in [0.05, 0.1) is 19.6 Å². The maximum absolute atomic E-state index is 6.02. The van der Waals surface area contributed by atoms with Gasteiger partial charge < -0.3 is 14.9 Å². The number of ether oxygens (including phenoxy) is 1. The number of rotatable bonds is 4. The zero-order valence-electron chi connectivity index (χ0n) is 9.09. The lowest BCUT2D eigenvalue weighted by molar-refractivity contribution is 0.397. The molecule has 0 saturated carbocycles. The molecule has 2 N–H and O–H groups in total. The molecule has 0 bridgehead atoms. The molecule has 0 aliphatic rings. The monoisotopic (exact) mass is 218 g/mol. The zero-order valence-corrected chi connectivity index (χ0v) is 9.09. The summed E-state index contributed by atoms with van der Waals surface area (Å²) in [7, 11) is 1.60. The molecular formula is C12H14N2O2. The highest BCUT2D eigenvalue weighted by Crippen LogP contribution is 2.17. The van der Waals surface area contributed by atoms with Crippen LogP contribution in [0.2, 0.25) is 0 Å². The number of pyridine rings is 1. The van der Waals surface area contributed by atoms with Crippen molar-refractivity contribution in [3.8, 4) is 5.88 Å². The third-order valence-corrected chi connectivity index (χ3v) is 2.43. The first-order valence-corrected chi connectivity index (χ1v) is 5.06. The number of nitrogens with two attached hydrogens (primary N) is 1. The smallest absolute Gasteiger partial charge is 0.212 e. The van der Waals surface area contributed by atoms with Crippen molar-refractivity contribution < 1.29 is 9.15 Å². The van der Waals surface area contributed by atoms with Crippen molar-refractivity contribution in [2.24, 2.45) is 5.73 Å². The van der Waals surface area contributed by atoms with Crippen LogP contribution in [0.1, 0.15) is 17.2 Å². The van der Waals surface area contributed by atoms with Crippen LogP contribution in [-0.2, 0) is 6.42 Å². The maximum atomic E-state index is 6.02. The molecule has 1 atom stereocenters. The van der Waals surface area contributed by atoms with Crippen LogP contribution in [0.15, 0.2) is 41.3 Å². The van der Waals surface area contributed by atoms with Crippen LogP contribution >= 0.6 is 0 Å². The molecule has 0 radical (unpaired) electrons. The van der Waals surface area contributed by atoms with Crippen LogP contribution in [0, 0.1) is 0 Å². The average molecular weight is 218 g/mol. The van der Waals surface area contributed by atoms with E-state index in [2.05, 4.69) is 4.98 Å². The Hall–Kier alpha value is -1.81. The maximum Gasteiger partial charge on any atom is 0.212 e. The number of hydrogen-bond acceptors (Lipinski definition) is 4. The normalized spacial score (nSPS) is 12.4. The van der Waals surface area contributed by atoms with Crippen molar-refractivity contribution >= 4 is 0 Å². The van der Waals surface area contributed by atoms with Crippen LogP contribution < -0.4 is 10.5 Å². The van der Waals surface area contributed by atoms with Gasteiger partial charge in [0.15, 0.2) is 0 Å². The summed E-state index contributed by atoms with van der Waals surface area (Å²) in [5.74, 6) is 0.612. The summed E-state index contributed by atoms with van der Waals surface area (Å²) in [4.78, 5) is 4.13. The molecule has 0 aromatic carbocycles. The number of aromatic nitrogens is 1. The van der Waals surface area contributed by atoms with E-state index in [0.717, 1.165) is 17.5 Å². The van der Waals surface area contributed by atoms with Gasteiger partial charge >= 0.3 is 0 Å². The predicted octanol–water partition coefficient (Wildman–Crippen LogP) is 1.93. The lowest BCUT2D eigenvalue weighted by atomic mass is 10.0. The molecule has 84 valence electrons. The quantitative estimate of drug-likeness (QED) is 0.851. The Balaban J connectivity index is 2.03. The topological polar surface area (TPSA) is 61.3 Å². The van der Waals surface area contributed by atoms with E-state index in [9.17, 15) is 0 Å². The van der Waals surface area contributed by atoms with Gasteiger partial charge in [0.25, 0.3) is 0 Å². The summed E-state index contributed by atoms with van der Waals surface area (Å²) >= 11 is 0. The number of nitrogens with zero attached hydrogens (tertiary/aromatic N) is 1. The molecule has 2 heterocycles. The molecule has 0 aliphatic carbocycles. The van der Waals surface area contributed by atoms with Crippen molar-refractivity contribution in [3.63, 3.8) is 0 Å². The first-order chi connectivity index (χ1) is 7.79. The van der Waals surface area contributed by atoms with Gasteiger partial charge in [-0.15, -0.1) is 0 Å². The van der Waals surface area contributed by atoms with E-state index in [1.165, 1.54) is 0 Å². The van der Waals surface area contributed by atoms with E-state index in [0.29, 0.717) is 5.88 Å². The second-order valence-electron chi connectivity index (χ2n) is 3.58. The second-order valence-corrected chi connectivity index (χ2v) is 3.58. The van der Waals surface area contributed by atoms with Gasteiger partial charge in [0.2, 0.25) is 5.88 Å². The number of furan rings is 1. The lowest BCUT2D eigenvalue weighted by Gasteiger charge is -2.09. The summed E-state index contributed by atoms with van der Waals surface area (Å²) in [6.07, 6.45) is 5.80. The number of hydrogen-bond donors (Lipinski definition) is 1. The van der Waals surface area contributed by atoms with Crippen LogP contribution in [0.25, 0.3) is 0 Å². The molecule has 0 saturated heterocycles. The van der Waals surface area contributed by atoms with E-state index in [-0.39, 0.29) is 6.04 Å². The highest BCUT2D eigenvalue weighted by atomic mass is 16.5. The van der Waals surface area contributed by atoms with E-state index < -0.39 is 0 Å². The molecule has 0 amide bonds. The van der Waals surface area contributed by atoms with E-state index in [4.69, 9.17) is 14.9 Å². The van der Waals surface area contributed by atoms with Crippen molar-refractivity contribution in [2.75, 3.05) is 7.11 Å². The largest absolute Gasteiger partial charge is 0.481 e. The first-order valence-electron chi connectivity index (χ1n) is 5.06. The van der Waals surface area contributed by atoms with Gasteiger partial charge in [-0.25, -0.2) is 4.98 Å². The van der Waals surface area contributed by atoms with Crippen LogP contribution in [0.5, 0.6) is 5.88 Å². The molecule has 0 fully saturated rings. The molecule has 16 heavy (non-hydrogen) atoms. The lowest BCUT2D eigenvalue weighted by Crippen LogP contribution is -2.12. The molecule has 2 aromatic rings. The zero-order chi connectivity index (χ0) is 11.4. The van der Waals surface area contributed by atoms with E-state index in [1.807, 2.05) is 18.2 Å². The fourth-order valence-corrected chi connectivity index (χ4v) is 1.51. The summed E-state index contributed by atoms with van der Waals surface area (Å²) in [6.45, 7) is 0.